The van der Waals surface area contributed by atoms with Gasteiger partial charge in [-0.15, -0.1) is 0 Å². The zero-order chi connectivity index (χ0) is 17.5. The molecule has 1 aliphatic heterocycles. The van der Waals surface area contributed by atoms with Gasteiger partial charge in [-0.05, 0) is 55.0 Å². The van der Waals surface area contributed by atoms with Gasteiger partial charge in [0.05, 0.1) is 6.61 Å². The van der Waals surface area contributed by atoms with Crippen LogP contribution in [0, 0.1) is 11.7 Å². The fraction of sp³-hybridized carbons (Fsp3) is 0.381. The summed E-state index contributed by atoms with van der Waals surface area (Å²) >= 11 is 0. The third kappa shape index (κ3) is 5.13. The Hall–Kier alpha value is -2.20. The van der Waals surface area contributed by atoms with E-state index in [1.165, 1.54) is 12.1 Å². The van der Waals surface area contributed by atoms with Crippen molar-refractivity contribution in [2.24, 2.45) is 5.92 Å². The predicted octanol–water partition coefficient (Wildman–Crippen LogP) is 4.28. The van der Waals surface area contributed by atoms with Gasteiger partial charge in [0.2, 0.25) is 0 Å². The molecule has 1 fully saturated rings. The summed E-state index contributed by atoms with van der Waals surface area (Å²) in [5, 5.41) is 0. The second-order valence-electron chi connectivity index (χ2n) is 6.57. The first-order valence-corrected chi connectivity index (χ1v) is 8.89. The van der Waals surface area contributed by atoms with Gasteiger partial charge in [-0.2, -0.15) is 0 Å². The zero-order valence-corrected chi connectivity index (χ0v) is 14.4. The van der Waals surface area contributed by atoms with E-state index >= 15 is 0 Å². The summed E-state index contributed by atoms with van der Waals surface area (Å²) in [6, 6.07) is 16.0. The first-order valence-electron chi connectivity index (χ1n) is 8.89. The molecule has 1 saturated heterocycles. The average Bonchev–Trinajstić information content (AvgIpc) is 2.66. The highest BCUT2D eigenvalue weighted by Crippen LogP contribution is 2.22. The number of rotatable bonds is 6. The summed E-state index contributed by atoms with van der Waals surface area (Å²) in [6.45, 7) is 2.74. The van der Waals surface area contributed by atoms with Gasteiger partial charge in [0.25, 0.3) is 5.91 Å². The molecule has 3 nitrogen and oxygen atoms in total. The molecule has 2 aromatic rings. The molecule has 0 aromatic heterocycles. The van der Waals surface area contributed by atoms with Gasteiger partial charge in [0.15, 0.2) is 0 Å². The smallest absolute Gasteiger partial charge is 0.253 e. The van der Waals surface area contributed by atoms with Crippen molar-refractivity contribution in [2.45, 2.75) is 25.9 Å². The Bertz CT molecular complexity index is 681. The molecule has 3 rings (SSSR count). The molecule has 4 heteroatoms. The minimum absolute atomic E-state index is 0.126. The lowest BCUT2D eigenvalue weighted by atomic mass is 9.93. The number of nitrogens with zero attached hydrogens (tertiary/aromatic N) is 1. The number of benzene rings is 2. The zero-order valence-electron chi connectivity index (χ0n) is 14.4. The highest BCUT2D eigenvalue weighted by atomic mass is 19.1. The minimum Gasteiger partial charge on any atom is -0.377 e. The molecular weight excluding hydrogens is 317 g/mol. The molecule has 0 spiro atoms. The van der Waals surface area contributed by atoms with E-state index in [4.69, 9.17) is 4.74 Å². The van der Waals surface area contributed by atoms with Crippen molar-refractivity contribution < 1.29 is 13.9 Å². The molecule has 0 unspecified atom stereocenters. The van der Waals surface area contributed by atoms with Crippen LogP contribution in [0.25, 0.3) is 0 Å². The summed E-state index contributed by atoms with van der Waals surface area (Å²) in [7, 11) is 0. The summed E-state index contributed by atoms with van der Waals surface area (Å²) in [5.74, 6) is 0.491. The van der Waals surface area contributed by atoms with Crippen LogP contribution >= 0.6 is 0 Å². The first kappa shape index (κ1) is 17.6. The fourth-order valence-corrected chi connectivity index (χ4v) is 3.25. The van der Waals surface area contributed by atoms with Crippen molar-refractivity contribution in [3.8, 4) is 0 Å². The van der Waals surface area contributed by atoms with Crippen LogP contribution in [0.5, 0.6) is 0 Å². The van der Waals surface area contributed by atoms with Crippen molar-refractivity contribution in [3.05, 3.63) is 71.5 Å². The topological polar surface area (TPSA) is 29.5 Å². The number of amides is 1. The molecule has 0 atom stereocenters. The first-order chi connectivity index (χ1) is 12.2. The number of hydrogen-bond acceptors (Lipinski definition) is 2. The number of piperidine rings is 1. The molecule has 0 N–H and O–H groups in total. The minimum atomic E-state index is -0.225. The molecule has 132 valence electrons. The maximum absolute atomic E-state index is 13.1. The van der Waals surface area contributed by atoms with Gasteiger partial charge in [-0.1, -0.05) is 30.3 Å². The Morgan fingerprint density at radius 1 is 1.08 bits per heavy atom. The van der Waals surface area contributed by atoms with Crippen LogP contribution in [-0.2, 0) is 11.3 Å². The van der Waals surface area contributed by atoms with Gasteiger partial charge >= 0.3 is 0 Å². The van der Waals surface area contributed by atoms with E-state index in [1.807, 2.05) is 41.3 Å². The fourth-order valence-electron chi connectivity index (χ4n) is 3.25. The molecule has 1 amide bonds. The predicted molar refractivity (Wildman–Crippen MR) is 95.7 cm³/mol. The van der Waals surface area contributed by atoms with Crippen molar-refractivity contribution in [2.75, 3.05) is 19.7 Å². The van der Waals surface area contributed by atoms with E-state index in [9.17, 15) is 9.18 Å². The molecule has 25 heavy (non-hydrogen) atoms. The molecule has 0 aliphatic carbocycles. The van der Waals surface area contributed by atoms with Crippen LogP contribution in [0.15, 0.2) is 54.6 Å². The van der Waals surface area contributed by atoms with Crippen LogP contribution < -0.4 is 0 Å². The Labute approximate surface area is 148 Å². The summed E-state index contributed by atoms with van der Waals surface area (Å²) in [6.07, 6.45) is 3.02. The number of ether oxygens (including phenoxy) is 1. The van der Waals surface area contributed by atoms with E-state index in [2.05, 4.69) is 0 Å². The Balaban J connectivity index is 1.36. The number of carbonyl (C=O) groups excluding carboxylic acids is 1. The van der Waals surface area contributed by atoms with Gasteiger partial charge in [-0.25, -0.2) is 4.39 Å². The van der Waals surface area contributed by atoms with E-state index in [0.717, 1.165) is 43.5 Å². The monoisotopic (exact) mass is 341 g/mol. The Kier molecular flexibility index (Phi) is 6.18. The van der Waals surface area contributed by atoms with E-state index < -0.39 is 0 Å². The van der Waals surface area contributed by atoms with Crippen LogP contribution in [0.1, 0.15) is 35.2 Å². The third-order valence-corrected chi connectivity index (χ3v) is 4.75. The summed E-state index contributed by atoms with van der Waals surface area (Å²) < 4.78 is 18.8. The van der Waals surface area contributed by atoms with E-state index in [1.54, 1.807) is 6.07 Å². The lowest BCUT2D eigenvalue weighted by Crippen LogP contribution is -2.38. The summed E-state index contributed by atoms with van der Waals surface area (Å²) in [5.41, 5.74) is 1.63. The maximum atomic E-state index is 13.1. The molecular formula is C21H24FNO2. The molecule has 0 saturated carbocycles. The maximum Gasteiger partial charge on any atom is 0.253 e. The van der Waals surface area contributed by atoms with Crippen LogP contribution in [0.3, 0.4) is 0 Å². The SMILES string of the molecule is O=C(c1ccccc1)N1CCC(CCOCc2cccc(F)c2)CC1. The van der Waals surface area contributed by atoms with Crippen LogP contribution in [0.2, 0.25) is 0 Å². The molecule has 1 aliphatic rings. The van der Waals surface area contributed by atoms with Crippen LogP contribution in [-0.4, -0.2) is 30.5 Å². The lowest BCUT2D eigenvalue weighted by molar-refractivity contribution is 0.0638. The standard InChI is InChI=1S/C21H24FNO2/c22-20-8-4-5-18(15-20)16-25-14-11-17-9-12-23(13-10-17)21(24)19-6-2-1-3-7-19/h1-8,15,17H,9-14,16H2. The molecule has 2 aromatic carbocycles. The molecule has 1 heterocycles. The Morgan fingerprint density at radius 3 is 2.56 bits per heavy atom. The second kappa shape index (κ2) is 8.77. The lowest BCUT2D eigenvalue weighted by Gasteiger charge is -2.32. The van der Waals surface area contributed by atoms with Crippen molar-refractivity contribution in [1.82, 2.24) is 4.90 Å². The summed E-state index contributed by atoms with van der Waals surface area (Å²) in [4.78, 5) is 14.4. The van der Waals surface area contributed by atoms with E-state index in [0.29, 0.717) is 19.1 Å². The number of halogens is 1. The number of carbonyl (C=O) groups is 1. The van der Waals surface area contributed by atoms with Gasteiger partial charge < -0.3 is 9.64 Å². The van der Waals surface area contributed by atoms with Gasteiger partial charge in [0, 0.05) is 25.3 Å². The van der Waals surface area contributed by atoms with Gasteiger partial charge in [0.1, 0.15) is 5.82 Å². The van der Waals surface area contributed by atoms with Crippen LogP contribution in [0.4, 0.5) is 4.39 Å². The third-order valence-electron chi connectivity index (χ3n) is 4.75. The van der Waals surface area contributed by atoms with Gasteiger partial charge in [-0.3, -0.25) is 4.79 Å². The largest absolute Gasteiger partial charge is 0.377 e. The van der Waals surface area contributed by atoms with Crippen molar-refractivity contribution in [3.63, 3.8) is 0 Å². The molecule has 0 radical (unpaired) electrons. The van der Waals surface area contributed by atoms with Crippen molar-refractivity contribution in [1.29, 1.82) is 0 Å². The quantitative estimate of drug-likeness (QED) is 0.734. The van der Waals surface area contributed by atoms with Crippen molar-refractivity contribution >= 4 is 5.91 Å². The second-order valence-corrected chi connectivity index (χ2v) is 6.57. The number of likely N-dealkylation sites (tertiary alicyclic amines) is 1. The van der Waals surface area contributed by atoms with E-state index in [-0.39, 0.29) is 11.7 Å². The normalized spacial score (nSPS) is 15.3. The highest BCUT2D eigenvalue weighted by Gasteiger charge is 2.23. The Morgan fingerprint density at radius 2 is 1.84 bits per heavy atom. The molecule has 0 bridgehead atoms. The highest BCUT2D eigenvalue weighted by molar-refractivity contribution is 5.94. The number of hydrogen-bond donors (Lipinski definition) is 0. The average molecular weight is 341 g/mol.